The first kappa shape index (κ1) is 13.5. The third-order valence-electron chi connectivity index (χ3n) is 3.52. The first-order chi connectivity index (χ1) is 8.47. The van der Waals surface area contributed by atoms with E-state index in [2.05, 4.69) is 16.9 Å². The van der Waals surface area contributed by atoms with Crippen molar-refractivity contribution in [3.05, 3.63) is 15.6 Å². The van der Waals surface area contributed by atoms with Gasteiger partial charge in [-0.1, -0.05) is 6.92 Å². The Hall–Kier alpha value is -0.940. The van der Waals surface area contributed by atoms with Crippen LogP contribution in [0.2, 0.25) is 0 Å². The van der Waals surface area contributed by atoms with E-state index in [0.29, 0.717) is 5.92 Å². The molecule has 1 saturated heterocycles. The number of likely N-dealkylation sites (N-methyl/N-ethyl adjacent to an activating group) is 1. The quantitative estimate of drug-likeness (QED) is 0.911. The number of likely N-dealkylation sites (tertiary alicyclic amines) is 1. The summed E-state index contributed by atoms with van der Waals surface area (Å²) < 4.78 is 0. The molecule has 18 heavy (non-hydrogen) atoms. The SMILES string of the molecule is Cc1nc(C2CCN(C)C2)sc1C(C)CC(=O)O. The summed E-state index contributed by atoms with van der Waals surface area (Å²) in [4.78, 5) is 18.9. The van der Waals surface area contributed by atoms with E-state index in [4.69, 9.17) is 5.11 Å². The lowest BCUT2D eigenvalue weighted by Crippen LogP contribution is -2.13. The molecule has 4 nitrogen and oxygen atoms in total. The molecule has 1 aliphatic rings. The number of aromatic nitrogens is 1. The van der Waals surface area contributed by atoms with Crippen LogP contribution in [0.25, 0.3) is 0 Å². The molecular formula is C13H20N2O2S. The lowest BCUT2D eigenvalue weighted by Gasteiger charge is -2.07. The fourth-order valence-electron chi connectivity index (χ4n) is 2.55. The van der Waals surface area contributed by atoms with Gasteiger partial charge in [0.2, 0.25) is 0 Å². The molecule has 2 rings (SSSR count). The average molecular weight is 268 g/mol. The van der Waals surface area contributed by atoms with Gasteiger partial charge in [-0.05, 0) is 26.9 Å². The maximum atomic E-state index is 10.8. The smallest absolute Gasteiger partial charge is 0.303 e. The summed E-state index contributed by atoms with van der Waals surface area (Å²) in [7, 11) is 2.13. The largest absolute Gasteiger partial charge is 0.481 e. The minimum absolute atomic E-state index is 0.0629. The lowest BCUT2D eigenvalue weighted by atomic mass is 10.1. The molecule has 2 heterocycles. The normalized spacial score (nSPS) is 22.3. The molecule has 100 valence electrons. The van der Waals surface area contributed by atoms with Crippen LogP contribution >= 0.6 is 11.3 Å². The average Bonchev–Trinajstić information content (AvgIpc) is 2.83. The highest BCUT2D eigenvalue weighted by Crippen LogP contribution is 2.35. The van der Waals surface area contributed by atoms with Gasteiger partial charge in [-0.2, -0.15) is 0 Å². The monoisotopic (exact) mass is 268 g/mol. The summed E-state index contributed by atoms with van der Waals surface area (Å²) in [5, 5.41) is 10.1. The van der Waals surface area contributed by atoms with E-state index >= 15 is 0 Å². The molecular weight excluding hydrogens is 248 g/mol. The number of aliphatic carboxylic acids is 1. The number of carbonyl (C=O) groups is 1. The topological polar surface area (TPSA) is 53.4 Å². The molecule has 1 fully saturated rings. The number of thiazole rings is 1. The highest BCUT2D eigenvalue weighted by Gasteiger charge is 2.26. The van der Waals surface area contributed by atoms with Gasteiger partial charge in [0.25, 0.3) is 0 Å². The predicted octanol–water partition coefficient (Wildman–Crippen LogP) is 2.45. The van der Waals surface area contributed by atoms with Crippen molar-refractivity contribution in [3.63, 3.8) is 0 Å². The summed E-state index contributed by atoms with van der Waals surface area (Å²) >= 11 is 1.71. The van der Waals surface area contributed by atoms with Crippen LogP contribution in [-0.2, 0) is 4.79 Å². The van der Waals surface area contributed by atoms with Crippen LogP contribution < -0.4 is 0 Å². The van der Waals surface area contributed by atoms with Gasteiger partial charge in [-0.25, -0.2) is 4.98 Å². The van der Waals surface area contributed by atoms with Crippen molar-refractivity contribution in [1.82, 2.24) is 9.88 Å². The molecule has 5 heteroatoms. The fourth-order valence-corrected chi connectivity index (χ4v) is 3.80. The zero-order valence-corrected chi connectivity index (χ0v) is 12.0. The first-order valence-electron chi connectivity index (χ1n) is 6.35. The van der Waals surface area contributed by atoms with E-state index in [1.54, 1.807) is 11.3 Å². The second-order valence-corrected chi connectivity index (χ2v) is 6.31. The molecule has 1 aromatic rings. The summed E-state index contributed by atoms with van der Waals surface area (Å²) in [6.45, 7) is 6.16. The van der Waals surface area contributed by atoms with Gasteiger partial charge in [0.1, 0.15) is 0 Å². The minimum atomic E-state index is -0.738. The van der Waals surface area contributed by atoms with E-state index in [1.807, 2.05) is 13.8 Å². The molecule has 1 N–H and O–H groups in total. The predicted molar refractivity (Wildman–Crippen MR) is 72.4 cm³/mol. The Balaban J connectivity index is 2.13. The Morgan fingerprint density at radius 2 is 2.39 bits per heavy atom. The van der Waals surface area contributed by atoms with E-state index in [9.17, 15) is 4.79 Å². The van der Waals surface area contributed by atoms with E-state index < -0.39 is 5.97 Å². The summed E-state index contributed by atoms with van der Waals surface area (Å²) in [6, 6.07) is 0. The minimum Gasteiger partial charge on any atom is -0.481 e. The molecule has 0 aliphatic carbocycles. The number of carboxylic acid groups (broad SMARTS) is 1. The van der Waals surface area contributed by atoms with Crippen LogP contribution in [-0.4, -0.2) is 41.1 Å². The van der Waals surface area contributed by atoms with Crippen molar-refractivity contribution in [2.45, 2.75) is 38.5 Å². The van der Waals surface area contributed by atoms with Gasteiger partial charge in [-0.15, -0.1) is 11.3 Å². The van der Waals surface area contributed by atoms with Crippen molar-refractivity contribution in [2.24, 2.45) is 0 Å². The number of hydrogen-bond acceptors (Lipinski definition) is 4. The molecule has 1 aromatic heterocycles. The van der Waals surface area contributed by atoms with Crippen LogP contribution in [0.3, 0.4) is 0 Å². The molecule has 2 unspecified atom stereocenters. The van der Waals surface area contributed by atoms with Crippen LogP contribution in [0.4, 0.5) is 0 Å². The molecule has 0 amide bonds. The second-order valence-electron chi connectivity index (χ2n) is 5.25. The van der Waals surface area contributed by atoms with Crippen LogP contribution in [0.1, 0.15) is 47.2 Å². The van der Waals surface area contributed by atoms with Crippen molar-refractivity contribution in [2.75, 3.05) is 20.1 Å². The Bertz CT molecular complexity index is 444. The number of aryl methyl sites for hydroxylation is 1. The lowest BCUT2D eigenvalue weighted by molar-refractivity contribution is -0.137. The highest BCUT2D eigenvalue weighted by atomic mass is 32.1. The molecule has 0 saturated carbocycles. The number of nitrogens with zero attached hydrogens (tertiary/aromatic N) is 2. The number of hydrogen-bond donors (Lipinski definition) is 1. The summed E-state index contributed by atoms with van der Waals surface area (Å²) in [6.07, 6.45) is 1.35. The molecule has 0 aromatic carbocycles. The summed E-state index contributed by atoms with van der Waals surface area (Å²) in [5.41, 5.74) is 1.01. The van der Waals surface area contributed by atoms with Gasteiger partial charge in [0.15, 0.2) is 0 Å². The van der Waals surface area contributed by atoms with Gasteiger partial charge >= 0.3 is 5.97 Å². The summed E-state index contributed by atoms with van der Waals surface area (Å²) in [5.74, 6) is -0.144. The Kier molecular flexibility index (Phi) is 4.02. The standard InChI is InChI=1S/C13H20N2O2S/c1-8(6-11(16)17)12-9(2)14-13(18-12)10-4-5-15(3)7-10/h8,10H,4-7H2,1-3H3,(H,16,17). The number of rotatable bonds is 4. The maximum absolute atomic E-state index is 10.8. The third kappa shape index (κ3) is 2.90. The molecule has 1 aliphatic heterocycles. The fraction of sp³-hybridized carbons (Fsp3) is 0.692. The van der Waals surface area contributed by atoms with Gasteiger partial charge in [0.05, 0.1) is 17.1 Å². The third-order valence-corrected chi connectivity index (χ3v) is 5.07. The molecule has 0 spiro atoms. The maximum Gasteiger partial charge on any atom is 0.303 e. The zero-order valence-electron chi connectivity index (χ0n) is 11.1. The molecule has 0 radical (unpaired) electrons. The van der Waals surface area contributed by atoms with Gasteiger partial charge < -0.3 is 10.0 Å². The van der Waals surface area contributed by atoms with Crippen molar-refractivity contribution in [1.29, 1.82) is 0 Å². The molecule has 0 bridgehead atoms. The van der Waals surface area contributed by atoms with Crippen molar-refractivity contribution in [3.8, 4) is 0 Å². The van der Waals surface area contributed by atoms with Gasteiger partial charge in [0, 0.05) is 23.3 Å². The van der Waals surface area contributed by atoms with E-state index in [0.717, 1.165) is 30.1 Å². The van der Waals surface area contributed by atoms with Gasteiger partial charge in [-0.3, -0.25) is 4.79 Å². The van der Waals surface area contributed by atoms with E-state index in [1.165, 1.54) is 5.01 Å². The van der Waals surface area contributed by atoms with Crippen LogP contribution in [0.5, 0.6) is 0 Å². The Morgan fingerprint density at radius 3 is 2.94 bits per heavy atom. The molecule has 2 atom stereocenters. The Morgan fingerprint density at radius 1 is 1.67 bits per heavy atom. The van der Waals surface area contributed by atoms with E-state index in [-0.39, 0.29) is 12.3 Å². The zero-order chi connectivity index (χ0) is 13.3. The highest BCUT2D eigenvalue weighted by molar-refractivity contribution is 7.12. The van der Waals surface area contributed by atoms with Crippen LogP contribution in [0.15, 0.2) is 0 Å². The van der Waals surface area contributed by atoms with Crippen molar-refractivity contribution < 1.29 is 9.90 Å². The first-order valence-corrected chi connectivity index (χ1v) is 7.16. The van der Waals surface area contributed by atoms with Crippen molar-refractivity contribution >= 4 is 17.3 Å². The number of carboxylic acids is 1. The second kappa shape index (κ2) is 5.36. The van der Waals surface area contributed by atoms with Crippen LogP contribution in [0, 0.1) is 6.92 Å². The Labute approximate surface area is 112 Å².